The van der Waals surface area contributed by atoms with Crippen LogP contribution in [0.4, 0.5) is 11.4 Å². The Balaban J connectivity index is 1.52. The van der Waals surface area contributed by atoms with E-state index in [4.69, 9.17) is 9.47 Å². The van der Waals surface area contributed by atoms with Crippen molar-refractivity contribution in [3.63, 3.8) is 0 Å². The number of halogens is 1. The van der Waals surface area contributed by atoms with Crippen LogP contribution in [-0.4, -0.2) is 22.6 Å². The van der Waals surface area contributed by atoms with Crippen molar-refractivity contribution in [2.45, 2.75) is 26.9 Å². The fraction of sp³-hybridized carbons (Fsp3) is 0.185. The van der Waals surface area contributed by atoms with Crippen LogP contribution < -0.4 is 14.8 Å². The van der Waals surface area contributed by atoms with Gasteiger partial charge < -0.3 is 14.8 Å². The van der Waals surface area contributed by atoms with E-state index in [2.05, 4.69) is 33.2 Å². The average Bonchev–Trinajstić information content (AvgIpc) is 3.23. The van der Waals surface area contributed by atoms with E-state index in [1.807, 2.05) is 31.2 Å². The van der Waals surface area contributed by atoms with E-state index in [1.54, 1.807) is 30.3 Å². The number of carbonyl (C=O) groups is 1. The van der Waals surface area contributed by atoms with E-state index in [0.717, 1.165) is 27.7 Å². The predicted molar refractivity (Wildman–Crippen MR) is 149 cm³/mol. The van der Waals surface area contributed by atoms with Gasteiger partial charge in [-0.25, -0.2) is 4.99 Å². The molecule has 1 aliphatic heterocycles. The number of nitrogens with zero attached hydrogens (tertiary/aromatic N) is 2. The fourth-order valence-electron chi connectivity index (χ4n) is 3.46. The van der Waals surface area contributed by atoms with Crippen molar-refractivity contribution in [3.8, 4) is 11.5 Å². The molecule has 1 N–H and O–H groups in total. The number of benzene rings is 3. The zero-order valence-electron chi connectivity index (χ0n) is 20.2. The van der Waals surface area contributed by atoms with Gasteiger partial charge in [0.25, 0.3) is 11.6 Å². The van der Waals surface area contributed by atoms with Crippen molar-refractivity contribution >= 4 is 56.2 Å². The molecule has 1 aliphatic rings. The highest BCUT2D eigenvalue weighted by Gasteiger charge is 2.24. The number of nitro benzene ring substituents is 1. The second-order valence-corrected chi connectivity index (χ2v) is 9.85. The van der Waals surface area contributed by atoms with Crippen molar-refractivity contribution in [1.29, 1.82) is 0 Å². The Morgan fingerprint density at radius 3 is 2.35 bits per heavy atom. The molecule has 3 aromatic carbocycles. The van der Waals surface area contributed by atoms with Gasteiger partial charge in [-0.15, -0.1) is 0 Å². The SMILES string of the molecule is CCOc1cc(/C=C2\SC(=Nc3ccc(CC)cc3)NC2=O)c(Br)cc1OCc1ccc([N+](=O)[O-])cc1. The van der Waals surface area contributed by atoms with Crippen LogP contribution in [0.5, 0.6) is 11.5 Å². The van der Waals surface area contributed by atoms with Crippen LogP contribution in [0.15, 0.2) is 75.0 Å². The maximum atomic E-state index is 12.6. The molecule has 10 heteroatoms. The molecule has 0 bridgehead atoms. The van der Waals surface area contributed by atoms with Crippen LogP contribution in [0, 0.1) is 10.1 Å². The molecular formula is C27H24BrN3O5S. The second kappa shape index (κ2) is 12.1. The lowest BCUT2D eigenvalue weighted by Gasteiger charge is -2.14. The molecule has 0 aromatic heterocycles. The summed E-state index contributed by atoms with van der Waals surface area (Å²) in [5.74, 6) is 0.806. The molecule has 3 aromatic rings. The maximum Gasteiger partial charge on any atom is 0.269 e. The van der Waals surface area contributed by atoms with Crippen molar-refractivity contribution in [1.82, 2.24) is 5.32 Å². The van der Waals surface area contributed by atoms with E-state index < -0.39 is 4.92 Å². The molecule has 4 rings (SSSR count). The summed E-state index contributed by atoms with van der Waals surface area (Å²) in [4.78, 5) is 28.1. The monoisotopic (exact) mass is 581 g/mol. The fourth-order valence-corrected chi connectivity index (χ4v) is 4.73. The number of non-ortho nitro benzene ring substituents is 1. The average molecular weight is 582 g/mol. The first-order valence-electron chi connectivity index (χ1n) is 11.6. The summed E-state index contributed by atoms with van der Waals surface area (Å²) in [7, 11) is 0. The molecular weight excluding hydrogens is 558 g/mol. The molecule has 0 saturated carbocycles. The Morgan fingerprint density at radius 2 is 1.70 bits per heavy atom. The van der Waals surface area contributed by atoms with Crippen molar-refractivity contribution in [2.24, 2.45) is 4.99 Å². The molecule has 1 heterocycles. The number of carbonyl (C=O) groups excluding carboxylic acids is 1. The first kappa shape index (κ1) is 26.4. The summed E-state index contributed by atoms with van der Waals surface area (Å²) in [5, 5.41) is 14.2. The van der Waals surface area contributed by atoms with Gasteiger partial charge in [-0.2, -0.15) is 0 Å². The number of amides is 1. The largest absolute Gasteiger partial charge is 0.490 e. The summed E-state index contributed by atoms with van der Waals surface area (Å²) in [6.07, 6.45) is 2.73. The smallest absolute Gasteiger partial charge is 0.269 e. The molecule has 0 atom stereocenters. The number of hydrogen-bond acceptors (Lipinski definition) is 7. The minimum Gasteiger partial charge on any atom is -0.490 e. The van der Waals surface area contributed by atoms with Gasteiger partial charge in [-0.05, 0) is 84.3 Å². The number of amidine groups is 1. The summed E-state index contributed by atoms with van der Waals surface area (Å²) in [6.45, 7) is 4.60. The number of aliphatic imine (C=N–C) groups is 1. The standard InChI is InChI=1S/C27H24BrN3O5S/c1-3-17-5-9-20(10-6-17)29-27-30-26(32)25(37-27)14-19-13-23(35-4-2)24(15-22(19)28)36-16-18-7-11-21(12-8-18)31(33)34/h5-15H,3-4,16H2,1-2H3,(H,29,30,32)/b25-14-. The number of rotatable bonds is 9. The maximum absolute atomic E-state index is 12.6. The Morgan fingerprint density at radius 1 is 1.03 bits per heavy atom. The highest BCUT2D eigenvalue weighted by Crippen LogP contribution is 2.37. The summed E-state index contributed by atoms with van der Waals surface area (Å²) in [5.41, 5.74) is 3.55. The Labute approximate surface area is 227 Å². The summed E-state index contributed by atoms with van der Waals surface area (Å²) in [6, 6.07) is 17.7. The number of thioether (sulfide) groups is 1. The minimum atomic E-state index is -0.441. The van der Waals surface area contributed by atoms with Gasteiger partial charge in [-0.3, -0.25) is 14.9 Å². The van der Waals surface area contributed by atoms with Crippen LogP contribution in [0.3, 0.4) is 0 Å². The number of hydrogen-bond donors (Lipinski definition) is 1. The van der Waals surface area contributed by atoms with Gasteiger partial charge in [0.15, 0.2) is 16.7 Å². The summed E-state index contributed by atoms with van der Waals surface area (Å²) < 4.78 is 12.5. The molecule has 0 aliphatic carbocycles. The lowest BCUT2D eigenvalue weighted by Crippen LogP contribution is -2.19. The van der Waals surface area contributed by atoms with Crippen molar-refractivity contribution in [2.75, 3.05) is 6.61 Å². The molecule has 1 amide bonds. The van der Waals surface area contributed by atoms with Gasteiger partial charge in [0.2, 0.25) is 0 Å². The first-order chi connectivity index (χ1) is 17.9. The summed E-state index contributed by atoms with van der Waals surface area (Å²) >= 11 is 4.84. The van der Waals surface area contributed by atoms with Crippen molar-refractivity contribution < 1.29 is 19.2 Å². The molecule has 1 fully saturated rings. The van der Waals surface area contributed by atoms with Crippen LogP contribution in [-0.2, 0) is 17.8 Å². The van der Waals surface area contributed by atoms with E-state index in [0.29, 0.717) is 28.2 Å². The van der Waals surface area contributed by atoms with E-state index >= 15 is 0 Å². The Bertz CT molecular complexity index is 1370. The number of nitro groups is 1. The number of nitrogens with one attached hydrogen (secondary N) is 1. The van der Waals surface area contributed by atoms with E-state index in [1.165, 1.54) is 29.5 Å². The number of aryl methyl sites for hydroxylation is 1. The van der Waals surface area contributed by atoms with Gasteiger partial charge in [0.05, 0.1) is 22.1 Å². The van der Waals surface area contributed by atoms with E-state index in [9.17, 15) is 14.9 Å². The lowest BCUT2D eigenvalue weighted by atomic mass is 10.1. The third-order valence-electron chi connectivity index (χ3n) is 5.42. The van der Waals surface area contributed by atoms with Crippen molar-refractivity contribution in [3.05, 3.63) is 96.8 Å². The van der Waals surface area contributed by atoms with Gasteiger partial charge in [-0.1, -0.05) is 35.0 Å². The molecule has 0 radical (unpaired) electrons. The van der Waals surface area contributed by atoms with E-state index in [-0.39, 0.29) is 18.2 Å². The van der Waals surface area contributed by atoms with Gasteiger partial charge >= 0.3 is 0 Å². The quantitative estimate of drug-likeness (QED) is 0.169. The van der Waals surface area contributed by atoms with Crippen LogP contribution in [0.1, 0.15) is 30.5 Å². The highest BCUT2D eigenvalue weighted by molar-refractivity contribution is 9.10. The normalized spacial score (nSPS) is 15.2. The zero-order chi connectivity index (χ0) is 26.4. The minimum absolute atomic E-state index is 0.0234. The van der Waals surface area contributed by atoms with Crippen LogP contribution in [0.25, 0.3) is 6.08 Å². The molecule has 0 unspecified atom stereocenters. The molecule has 37 heavy (non-hydrogen) atoms. The third-order valence-corrected chi connectivity index (χ3v) is 7.01. The molecule has 190 valence electrons. The topological polar surface area (TPSA) is 103 Å². The lowest BCUT2D eigenvalue weighted by molar-refractivity contribution is -0.384. The van der Waals surface area contributed by atoms with Gasteiger partial charge in [0, 0.05) is 16.6 Å². The predicted octanol–water partition coefficient (Wildman–Crippen LogP) is 6.79. The van der Waals surface area contributed by atoms with Crippen LogP contribution in [0.2, 0.25) is 0 Å². The molecule has 0 spiro atoms. The molecule has 1 saturated heterocycles. The third kappa shape index (κ3) is 6.78. The van der Waals surface area contributed by atoms with Crippen LogP contribution >= 0.6 is 27.7 Å². The van der Waals surface area contributed by atoms with Gasteiger partial charge in [0.1, 0.15) is 6.61 Å². The highest BCUT2D eigenvalue weighted by atomic mass is 79.9. The first-order valence-corrected chi connectivity index (χ1v) is 13.2. The zero-order valence-corrected chi connectivity index (χ0v) is 22.6. The Hall–Kier alpha value is -3.63. The molecule has 8 nitrogen and oxygen atoms in total. The number of ether oxygens (including phenoxy) is 2. The Kier molecular flexibility index (Phi) is 8.62. The second-order valence-electron chi connectivity index (χ2n) is 7.97.